The maximum atomic E-state index is 12.7. The van der Waals surface area contributed by atoms with Crippen LogP contribution >= 0.6 is 0 Å². The van der Waals surface area contributed by atoms with Crippen LogP contribution in [0.15, 0.2) is 30.3 Å². The Hall–Kier alpha value is -1.31. The average Bonchev–Trinajstić information content (AvgIpc) is 2.92. The number of carbonyl (C=O) groups is 1. The van der Waals surface area contributed by atoms with Crippen LogP contribution in [0.1, 0.15) is 41.0 Å². The molecule has 0 unspecified atom stereocenters. The number of carbonyl (C=O) groups excluding carboxylic acids is 1. The first kappa shape index (κ1) is 14.3. The fraction of sp³-hybridized carbons (Fsp3) is 0.421. The fourth-order valence-corrected chi connectivity index (χ4v) is 6.54. The minimum absolute atomic E-state index is 0.173. The summed E-state index contributed by atoms with van der Waals surface area (Å²) in [5.41, 5.74) is 4.03. The molecule has 22 heavy (non-hydrogen) atoms. The third-order valence-electron chi connectivity index (χ3n) is 5.61. The van der Waals surface area contributed by atoms with Crippen molar-refractivity contribution < 1.29 is 4.79 Å². The summed E-state index contributed by atoms with van der Waals surface area (Å²) in [6.07, 6.45) is 1.07. The van der Waals surface area contributed by atoms with Gasteiger partial charge in [0.15, 0.2) is 0 Å². The Kier molecular flexibility index (Phi) is 2.98. The molecular weight excluding hydrogens is 337 g/mol. The van der Waals surface area contributed by atoms with E-state index in [2.05, 4.69) is 63.2 Å². The fourth-order valence-electron chi connectivity index (χ4n) is 3.98. The summed E-state index contributed by atoms with van der Waals surface area (Å²) in [5.74, 6) is 1.33. The summed E-state index contributed by atoms with van der Waals surface area (Å²) in [4.78, 5) is 14.8. The average molecular weight is 358 g/mol. The van der Waals surface area contributed by atoms with E-state index in [4.69, 9.17) is 0 Å². The second kappa shape index (κ2) is 4.59. The molecule has 0 N–H and O–H groups in total. The number of ketones is 1. The van der Waals surface area contributed by atoms with Crippen molar-refractivity contribution in [3.63, 3.8) is 0 Å². The van der Waals surface area contributed by atoms with Crippen molar-refractivity contribution in [3.05, 3.63) is 40.3 Å². The predicted molar refractivity (Wildman–Crippen MR) is 92.1 cm³/mol. The van der Waals surface area contributed by atoms with Gasteiger partial charge in [0.25, 0.3) is 0 Å². The van der Waals surface area contributed by atoms with Crippen molar-refractivity contribution in [1.29, 1.82) is 0 Å². The van der Waals surface area contributed by atoms with E-state index in [1.807, 2.05) is 0 Å². The van der Waals surface area contributed by atoms with Crippen LogP contribution in [-0.4, -0.2) is 34.4 Å². The Morgan fingerprint density at radius 3 is 2.41 bits per heavy atom. The first-order valence-corrected chi connectivity index (χ1v) is 9.56. The Morgan fingerprint density at radius 1 is 1.14 bits per heavy atom. The second-order valence-electron chi connectivity index (χ2n) is 7.36. The number of hydrogen-bond acceptors (Lipinski definition) is 2. The Morgan fingerprint density at radius 2 is 1.82 bits per heavy atom. The summed E-state index contributed by atoms with van der Waals surface area (Å²) in [5, 5.41) is 0. The van der Waals surface area contributed by atoms with Gasteiger partial charge in [0, 0.05) is 0 Å². The van der Waals surface area contributed by atoms with Crippen LogP contribution < -0.4 is 4.90 Å². The molecule has 2 nitrogen and oxygen atoms in total. The van der Waals surface area contributed by atoms with Crippen LogP contribution in [0.4, 0.5) is 5.69 Å². The molecule has 0 aliphatic heterocycles. The van der Waals surface area contributed by atoms with Gasteiger partial charge in [-0.1, -0.05) is 0 Å². The Bertz CT molecular complexity index is 754. The van der Waals surface area contributed by atoms with Crippen molar-refractivity contribution in [3.8, 4) is 10.0 Å². The summed E-state index contributed by atoms with van der Waals surface area (Å²) >= 11 is 0.194. The molecule has 3 aliphatic rings. The predicted octanol–water partition coefficient (Wildman–Crippen LogP) is 3.80. The van der Waals surface area contributed by atoms with Crippen LogP contribution in [0.3, 0.4) is 0 Å². The van der Waals surface area contributed by atoms with Gasteiger partial charge in [-0.15, -0.1) is 0 Å². The van der Waals surface area contributed by atoms with Crippen molar-refractivity contribution in [2.75, 3.05) is 19.0 Å². The normalized spacial score (nSPS) is 24.6. The van der Waals surface area contributed by atoms with Crippen LogP contribution in [0.25, 0.3) is 10.0 Å². The summed E-state index contributed by atoms with van der Waals surface area (Å²) < 4.78 is 2.54. The van der Waals surface area contributed by atoms with Crippen molar-refractivity contribution in [2.45, 2.75) is 26.2 Å². The molecule has 2 atom stereocenters. The maximum absolute atomic E-state index is 12.7. The molecular formula is C19H21NOSe. The van der Waals surface area contributed by atoms with E-state index < -0.39 is 0 Å². The van der Waals surface area contributed by atoms with Crippen LogP contribution in [0.2, 0.25) is 0 Å². The van der Waals surface area contributed by atoms with Gasteiger partial charge >= 0.3 is 138 Å². The third-order valence-corrected chi connectivity index (χ3v) is 8.16. The SMILES string of the molecule is CN(C)c1ccc(-c2cc3c([se]2)C(=O)[C@H]2C[C@@H]3C2(C)C)cc1. The number of Topliss-reactive ketones (excluding diaryl/α,β-unsaturated/α-hetero) is 1. The molecule has 1 aromatic heterocycles. The molecule has 5 rings (SSSR count). The Labute approximate surface area is 137 Å². The van der Waals surface area contributed by atoms with E-state index in [-0.39, 0.29) is 25.8 Å². The molecule has 3 aliphatic carbocycles. The molecule has 114 valence electrons. The first-order chi connectivity index (χ1) is 10.4. The quantitative estimate of drug-likeness (QED) is 0.761. The topological polar surface area (TPSA) is 20.3 Å². The molecule has 2 bridgehead atoms. The summed E-state index contributed by atoms with van der Waals surface area (Å²) in [7, 11) is 4.12. The van der Waals surface area contributed by atoms with E-state index in [9.17, 15) is 4.79 Å². The molecule has 1 heterocycles. The van der Waals surface area contributed by atoms with Crippen molar-refractivity contribution in [1.82, 2.24) is 0 Å². The van der Waals surface area contributed by atoms with E-state index >= 15 is 0 Å². The zero-order chi connectivity index (χ0) is 15.6. The van der Waals surface area contributed by atoms with Gasteiger partial charge in [0.05, 0.1) is 0 Å². The van der Waals surface area contributed by atoms with Crippen LogP contribution in [0, 0.1) is 11.3 Å². The number of rotatable bonds is 2. The molecule has 1 fully saturated rings. The molecule has 0 saturated heterocycles. The summed E-state index contributed by atoms with van der Waals surface area (Å²) in [6, 6.07) is 11.0. The molecule has 2 aromatic rings. The molecule has 1 saturated carbocycles. The number of nitrogens with zero attached hydrogens (tertiary/aromatic N) is 1. The third kappa shape index (κ3) is 1.82. The molecule has 0 amide bonds. The van der Waals surface area contributed by atoms with Gasteiger partial charge in [0.1, 0.15) is 0 Å². The number of benzene rings is 1. The second-order valence-corrected chi connectivity index (χ2v) is 9.57. The summed E-state index contributed by atoms with van der Waals surface area (Å²) in [6.45, 7) is 4.52. The number of anilines is 1. The van der Waals surface area contributed by atoms with E-state index in [1.54, 1.807) is 0 Å². The minimum atomic E-state index is 0.173. The van der Waals surface area contributed by atoms with Crippen LogP contribution in [-0.2, 0) is 0 Å². The van der Waals surface area contributed by atoms with Gasteiger partial charge in [-0.3, -0.25) is 0 Å². The van der Waals surface area contributed by atoms with Gasteiger partial charge in [-0.05, 0) is 0 Å². The van der Waals surface area contributed by atoms with Gasteiger partial charge < -0.3 is 0 Å². The monoisotopic (exact) mass is 359 g/mol. The van der Waals surface area contributed by atoms with Gasteiger partial charge in [0.2, 0.25) is 0 Å². The van der Waals surface area contributed by atoms with Gasteiger partial charge in [-0.25, -0.2) is 0 Å². The molecule has 0 spiro atoms. The standard InChI is InChI=1S/C19H21NOSe/c1-19(2)14-10-15(19)17(21)18-13(14)9-16(22-18)11-5-7-12(8-6-11)20(3)4/h5-9,14-15H,10H2,1-4H3/t14-,15+/m0/s1. The number of hydrogen-bond donors (Lipinski definition) is 0. The van der Waals surface area contributed by atoms with E-state index in [0.29, 0.717) is 11.7 Å². The zero-order valence-electron chi connectivity index (χ0n) is 13.5. The molecule has 1 aromatic carbocycles. The molecule has 3 heteroatoms. The zero-order valence-corrected chi connectivity index (χ0v) is 15.2. The van der Waals surface area contributed by atoms with E-state index in [0.717, 1.165) is 6.42 Å². The van der Waals surface area contributed by atoms with Crippen LogP contribution in [0.5, 0.6) is 0 Å². The Balaban J connectivity index is 1.74. The molecule has 0 radical (unpaired) electrons. The first-order valence-electron chi connectivity index (χ1n) is 7.85. The van der Waals surface area contributed by atoms with Crippen molar-refractivity contribution >= 4 is 26.0 Å². The van der Waals surface area contributed by atoms with Crippen molar-refractivity contribution in [2.24, 2.45) is 11.3 Å². The van der Waals surface area contributed by atoms with Gasteiger partial charge in [-0.2, -0.15) is 0 Å². The van der Waals surface area contributed by atoms with E-state index in [1.165, 1.54) is 25.7 Å².